The standard InChI is InChI=1S/C10H18N2O3/c1-8(13)12-5-4-11(6-9(14)15)7-10(12,2)3/h4-7H2,1-3H3,(H,14,15). The zero-order valence-corrected chi connectivity index (χ0v) is 9.49. The van der Waals surface area contributed by atoms with Crippen molar-refractivity contribution in [1.82, 2.24) is 9.80 Å². The molecule has 0 bridgehead atoms. The summed E-state index contributed by atoms with van der Waals surface area (Å²) in [6.07, 6.45) is 0. The third-order valence-electron chi connectivity index (χ3n) is 2.72. The molecule has 0 aromatic carbocycles. The van der Waals surface area contributed by atoms with Crippen LogP contribution in [-0.2, 0) is 9.59 Å². The number of carboxylic acids is 1. The lowest BCUT2D eigenvalue weighted by Gasteiger charge is -2.46. The monoisotopic (exact) mass is 214 g/mol. The Morgan fingerprint density at radius 2 is 1.93 bits per heavy atom. The maximum Gasteiger partial charge on any atom is 0.317 e. The SMILES string of the molecule is CC(=O)N1CCN(CC(=O)O)CC1(C)C. The quantitative estimate of drug-likeness (QED) is 0.703. The highest BCUT2D eigenvalue weighted by molar-refractivity contribution is 5.74. The molecule has 0 aromatic heterocycles. The number of amides is 1. The van der Waals surface area contributed by atoms with E-state index >= 15 is 0 Å². The Kier molecular flexibility index (Phi) is 3.34. The number of rotatable bonds is 2. The van der Waals surface area contributed by atoms with Gasteiger partial charge in [-0.2, -0.15) is 0 Å². The van der Waals surface area contributed by atoms with Gasteiger partial charge in [0.1, 0.15) is 0 Å². The van der Waals surface area contributed by atoms with Gasteiger partial charge in [-0.3, -0.25) is 14.5 Å². The van der Waals surface area contributed by atoms with Crippen LogP contribution in [0.3, 0.4) is 0 Å². The van der Waals surface area contributed by atoms with Crippen LogP contribution in [0.25, 0.3) is 0 Å². The second-order valence-corrected chi connectivity index (χ2v) is 4.59. The summed E-state index contributed by atoms with van der Waals surface area (Å²) in [5.74, 6) is -0.767. The number of nitrogens with zero attached hydrogens (tertiary/aromatic N) is 2. The van der Waals surface area contributed by atoms with Crippen LogP contribution in [0.15, 0.2) is 0 Å². The smallest absolute Gasteiger partial charge is 0.317 e. The number of hydrogen-bond donors (Lipinski definition) is 1. The second kappa shape index (κ2) is 4.18. The van der Waals surface area contributed by atoms with E-state index < -0.39 is 5.97 Å². The first kappa shape index (κ1) is 12.0. The predicted molar refractivity (Wildman–Crippen MR) is 55.5 cm³/mol. The maximum absolute atomic E-state index is 11.3. The fraction of sp³-hybridized carbons (Fsp3) is 0.800. The van der Waals surface area contributed by atoms with Crippen molar-refractivity contribution in [2.24, 2.45) is 0 Å². The topological polar surface area (TPSA) is 60.9 Å². The number of carbonyl (C=O) groups is 2. The van der Waals surface area contributed by atoms with Crippen LogP contribution in [0.2, 0.25) is 0 Å². The van der Waals surface area contributed by atoms with Gasteiger partial charge in [0.25, 0.3) is 0 Å². The summed E-state index contributed by atoms with van der Waals surface area (Å²) in [6.45, 7) is 7.37. The third kappa shape index (κ3) is 2.92. The van der Waals surface area contributed by atoms with Crippen LogP contribution < -0.4 is 0 Å². The van der Waals surface area contributed by atoms with Crippen LogP contribution in [0, 0.1) is 0 Å². The normalized spacial score (nSPS) is 21.4. The molecule has 1 aliphatic rings. The van der Waals surface area contributed by atoms with Crippen LogP contribution in [0.5, 0.6) is 0 Å². The van der Waals surface area contributed by atoms with Gasteiger partial charge in [0.15, 0.2) is 0 Å². The average Bonchev–Trinajstić information content (AvgIpc) is 1.99. The Bertz CT molecular complexity index is 276. The summed E-state index contributed by atoms with van der Waals surface area (Å²) in [5.41, 5.74) is -0.278. The van der Waals surface area contributed by atoms with Crippen molar-refractivity contribution in [2.75, 3.05) is 26.2 Å². The van der Waals surface area contributed by atoms with E-state index in [1.807, 2.05) is 18.7 Å². The van der Waals surface area contributed by atoms with Gasteiger partial charge in [-0.15, -0.1) is 0 Å². The van der Waals surface area contributed by atoms with E-state index in [0.717, 1.165) is 0 Å². The molecule has 1 saturated heterocycles. The summed E-state index contributed by atoms with van der Waals surface area (Å²) in [7, 11) is 0. The van der Waals surface area contributed by atoms with Crippen molar-refractivity contribution < 1.29 is 14.7 Å². The molecule has 1 heterocycles. The Morgan fingerprint density at radius 1 is 1.33 bits per heavy atom. The maximum atomic E-state index is 11.3. The molecule has 15 heavy (non-hydrogen) atoms. The summed E-state index contributed by atoms with van der Waals surface area (Å²) in [6, 6.07) is 0. The van der Waals surface area contributed by atoms with Gasteiger partial charge < -0.3 is 10.0 Å². The summed E-state index contributed by atoms with van der Waals surface area (Å²) in [4.78, 5) is 25.6. The van der Waals surface area contributed by atoms with E-state index in [-0.39, 0.29) is 18.0 Å². The minimum atomic E-state index is -0.818. The molecule has 1 rings (SSSR count). The van der Waals surface area contributed by atoms with Crippen molar-refractivity contribution in [3.05, 3.63) is 0 Å². The molecular weight excluding hydrogens is 196 g/mol. The molecule has 5 heteroatoms. The van der Waals surface area contributed by atoms with Gasteiger partial charge in [-0.05, 0) is 13.8 Å². The Morgan fingerprint density at radius 3 is 2.33 bits per heavy atom. The van der Waals surface area contributed by atoms with Gasteiger partial charge in [0.2, 0.25) is 5.91 Å². The number of carboxylic acid groups (broad SMARTS) is 1. The molecule has 0 aromatic rings. The molecule has 1 fully saturated rings. The highest BCUT2D eigenvalue weighted by Crippen LogP contribution is 2.20. The minimum Gasteiger partial charge on any atom is -0.480 e. The second-order valence-electron chi connectivity index (χ2n) is 4.59. The first-order valence-electron chi connectivity index (χ1n) is 5.05. The highest BCUT2D eigenvalue weighted by atomic mass is 16.4. The molecule has 1 amide bonds. The van der Waals surface area contributed by atoms with E-state index in [2.05, 4.69) is 0 Å². The molecule has 0 radical (unpaired) electrons. The van der Waals surface area contributed by atoms with Crippen molar-refractivity contribution in [3.63, 3.8) is 0 Å². The molecule has 1 N–H and O–H groups in total. The van der Waals surface area contributed by atoms with Gasteiger partial charge in [-0.25, -0.2) is 0 Å². The molecule has 0 atom stereocenters. The van der Waals surface area contributed by atoms with Gasteiger partial charge >= 0.3 is 5.97 Å². The van der Waals surface area contributed by atoms with Crippen LogP contribution in [0.4, 0.5) is 0 Å². The summed E-state index contributed by atoms with van der Waals surface area (Å²) < 4.78 is 0. The Labute approximate surface area is 89.7 Å². The zero-order chi connectivity index (χ0) is 11.6. The summed E-state index contributed by atoms with van der Waals surface area (Å²) in [5, 5.41) is 8.69. The van der Waals surface area contributed by atoms with E-state index in [1.165, 1.54) is 0 Å². The Balaban J connectivity index is 2.64. The highest BCUT2D eigenvalue weighted by Gasteiger charge is 2.35. The third-order valence-corrected chi connectivity index (χ3v) is 2.72. The molecule has 5 nitrogen and oxygen atoms in total. The first-order chi connectivity index (χ1) is 6.83. The van der Waals surface area contributed by atoms with Crippen molar-refractivity contribution in [3.8, 4) is 0 Å². The van der Waals surface area contributed by atoms with E-state index in [9.17, 15) is 9.59 Å². The van der Waals surface area contributed by atoms with Crippen molar-refractivity contribution >= 4 is 11.9 Å². The van der Waals surface area contributed by atoms with Gasteiger partial charge in [-0.1, -0.05) is 0 Å². The van der Waals surface area contributed by atoms with Crippen molar-refractivity contribution in [2.45, 2.75) is 26.3 Å². The molecule has 0 saturated carbocycles. The lowest BCUT2D eigenvalue weighted by atomic mass is 9.99. The van der Waals surface area contributed by atoms with Crippen LogP contribution >= 0.6 is 0 Å². The van der Waals surface area contributed by atoms with E-state index in [1.54, 1.807) is 11.8 Å². The number of piperazine rings is 1. The number of carbonyl (C=O) groups excluding carboxylic acids is 1. The average molecular weight is 214 g/mol. The first-order valence-corrected chi connectivity index (χ1v) is 5.05. The Hall–Kier alpha value is -1.10. The lowest BCUT2D eigenvalue weighted by Crippen LogP contribution is -2.61. The number of aliphatic carboxylic acids is 1. The molecule has 0 spiro atoms. The van der Waals surface area contributed by atoms with Crippen LogP contribution in [0.1, 0.15) is 20.8 Å². The van der Waals surface area contributed by atoms with Gasteiger partial charge in [0, 0.05) is 32.1 Å². The van der Waals surface area contributed by atoms with Gasteiger partial charge in [0.05, 0.1) is 6.54 Å². The lowest BCUT2D eigenvalue weighted by molar-refractivity contribution is -0.142. The van der Waals surface area contributed by atoms with E-state index in [0.29, 0.717) is 19.6 Å². The fourth-order valence-corrected chi connectivity index (χ4v) is 2.17. The molecule has 86 valence electrons. The van der Waals surface area contributed by atoms with Crippen molar-refractivity contribution in [1.29, 1.82) is 0 Å². The largest absolute Gasteiger partial charge is 0.480 e. The summed E-state index contributed by atoms with van der Waals surface area (Å²) >= 11 is 0. The fourth-order valence-electron chi connectivity index (χ4n) is 2.17. The number of hydrogen-bond acceptors (Lipinski definition) is 3. The predicted octanol–water partition coefficient (Wildman–Crippen LogP) is 0.0137. The molecule has 0 unspecified atom stereocenters. The van der Waals surface area contributed by atoms with Crippen LogP contribution in [-0.4, -0.2) is 58.5 Å². The molecule has 1 aliphatic heterocycles. The minimum absolute atomic E-state index is 0.0508. The molecule has 0 aliphatic carbocycles. The zero-order valence-electron chi connectivity index (χ0n) is 9.49. The molecular formula is C10H18N2O3. The van der Waals surface area contributed by atoms with E-state index in [4.69, 9.17) is 5.11 Å².